The van der Waals surface area contributed by atoms with Crippen LogP contribution in [0.5, 0.6) is 0 Å². The molecule has 0 amide bonds. The van der Waals surface area contributed by atoms with Crippen molar-refractivity contribution in [3.63, 3.8) is 0 Å². The molecule has 0 bridgehead atoms. The zero-order valence-electron chi connectivity index (χ0n) is 12.1. The monoisotopic (exact) mass is 224 g/mol. The third-order valence-electron chi connectivity index (χ3n) is 5.62. The van der Waals surface area contributed by atoms with Gasteiger partial charge in [-0.15, -0.1) is 0 Å². The zero-order chi connectivity index (χ0) is 12.1. The summed E-state index contributed by atoms with van der Waals surface area (Å²) < 4.78 is 0. The maximum atomic E-state index is 2.34. The van der Waals surface area contributed by atoms with Gasteiger partial charge >= 0.3 is 0 Å². The minimum atomic E-state index is 0.778. The van der Waals surface area contributed by atoms with Crippen molar-refractivity contribution in [1.82, 2.24) is 0 Å². The second kappa shape index (κ2) is 6.07. The molecule has 2 aliphatic rings. The molecule has 2 aliphatic carbocycles. The lowest BCUT2D eigenvalue weighted by molar-refractivity contribution is 0.273. The van der Waals surface area contributed by atoms with Gasteiger partial charge in [0.2, 0.25) is 0 Å². The molecule has 2 fully saturated rings. The lowest BCUT2D eigenvalue weighted by atomic mass is 9.81. The van der Waals surface area contributed by atoms with Crippen LogP contribution in [-0.4, -0.2) is 0 Å². The van der Waals surface area contributed by atoms with E-state index in [1.54, 1.807) is 0 Å². The molecule has 2 rings (SSSR count). The Balaban J connectivity index is 0.000000165. The van der Waals surface area contributed by atoms with Gasteiger partial charge < -0.3 is 0 Å². The fourth-order valence-electron chi connectivity index (χ4n) is 3.22. The van der Waals surface area contributed by atoms with Gasteiger partial charge in [0.15, 0.2) is 0 Å². The Morgan fingerprint density at radius 1 is 0.562 bits per heavy atom. The predicted octanol–water partition coefficient (Wildman–Crippen LogP) is 5.95. The molecule has 0 unspecified atom stereocenters. The molecule has 0 aromatic heterocycles. The van der Waals surface area contributed by atoms with E-state index >= 15 is 0 Å². The van der Waals surface area contributed by atoms with Gasteiger partial charge in [-0.2, -0.15) is 0 Å². The highest BCUT2D eigenvalue weighted by Gasteiger charge is 2.38. The Bertz CT molecular complexity index is 170. The van der Waals surface area contributed by atoms with E-state index in [1.165, 1.54) is 64.2 Å². The van der Waals surface area contributed by atoms with Crippen LogP contribution in [0.3, 0.4) is 0 Å². The molecular weight excluding hydrogens is 192 g/mol. The van der Waals surface area contributed by atoms with Gasteiger partial charge in [0.1, 0.15) is 0 Å². The van der Waals surface area contributed by atoms with Crippen LogP contribution in [0, 0.1) is 10.8 Å². The molecule has 0 heteroatoms. The highest BCUT2D eigenvalue weighted by Crippen LogP contribution is 2.51. The largest absolute Gasteiger partial charge is 0.0649 e. The van der Waals surface area contributed by atoms with E-state index in [4.69, 9.17) is 0 Å². The quantitative estimate of drug-likeness (QED) is 0.553. The molecule has 0 heterocycles. The van der Waals surface area contributed by atoms with E-state index in [2.05, 4.69) is 27.7 Å². The van der Waals surface area contributed by atoms with Crippen LogP contribution < -0.4 is 0 Å². The van der Waals surface area contributed by atoms with Crippen molar-refractivity contribution in [2.45, 2.75) is 91.9 Å². The molecule has 0 atom stereocenters. The van der Waals surface area contributed by atoms with Gasteiger partial charge in [-0.05, 0) is 36.5 Å². The Kier molecular flexibility index (Phi) is 5.34. The zero-order valence-corrected chi connectivity index (χ0v) is 12.1. The summed E-state index contributed by atoms with van der Waals surface area (Å²) in [6.07, 6.45) is 14.6. The number of rotatable bonds is 4. The molecule has 0 saturated heterocycles. The average Bonchev–Trinajstić information content (AvgIpc) is 3.00. The molecule has 0 aromatic carbocycles. The fourth-order valence-corrected chi connectivity index (χ4v) is 3.22. The van der Waals surface area contributed by atoms with Crippen molar-refractivity contribution in [2.75, 3.05) is 0 Å². The fraction of sp³-hybridized carbons (Fsp3) is 1.00. The van der Waals surface area contributed by atoms with E-state index in [-0.39, 0.29) is 0 Å². The van der Waals surface area contributed by atoms with E-state index in [0.29, 0.717) is 0 Å². The van der Waals surface area contributed by atoms with Gasteiger partial charge in [-0.3, -0.25) is 0 Å². The Hall–Kier alpha value is 0. The van der Waals surface area contributed by atoms with Crippen molar-refractivity contribution >= 4 is 0 Å². The van der Waals surface area contributed by atoms with Crippen molar-refractivity contribution in [3.8, 4) is 0 Å². The Morgan fingerprint density at radius 2 is 0.875 bits per heavy atom. The molecule has 0 N–H and O–H groups in total. The Labute approximate surface area is 103 Å². The summed E-state index contributed by atoms with van der Waals surface area (Å²) in [7, 11) is 0. The van der Waals surface area contributed by atoms with Crippen LogP contribution in [0.4, 0.5) is 0 Å². The normalized spacial score (nSPS) is 24.8. The van der Waals surface area contributed by atoms with E-state index in [1.807, 2.05) is 0 Å². The molecule has 0 aromatic rings. The number of hydrogen-bond donors (Lipinski definition) is 0. The van der Waals surface area contributed by atoms with Crippen molar-refractivity contribution in [3.05, 3.63) is 0 Å². The van der Waals surface area contributed by atoms with Gasteiger partial charge in [0.25, 0.3) is 0 Å². The second-order valence-corrected chi connectivity index (χ2v) is 6.12. The van der Waals surface area contributed by atoms with E-state index < -0.39 is 0 Å². The average molecular weight is 224 g/mol. The molecule has 0 nitrogen and oxygen atoms in total. The third-order valence-corrected chi connectivity index (χ3v) is 5.62. The summed E-state index contributed by atoms with van der Waals surface area (Å²) >= 11 is 0. The summed E-state index contributed by atoms with van der Waals surface area (Å²) in [6.45, 7) is 9.29. The minimum absolute atomic E-state index is 0.778. The standard InChI is InChI=1S/C9H18.C7H14/c1-3-9(4-2)7-5-6-8-9;1-3-7(4-2)5-6-7/h3-8H2,1-2H3;3-6H2,1-2H3. The topological polar surface area (TPSA) is 0 Å². The summed E-state index contributed by atoms with van der Waals surface area (Å²) in [5.41, 5.74) is 1.61. The lowest BCUT2D eigenvalue weighted by Gasteiger charge is -2.24. The van der Waals surface area contributed by atoms with Crippen LogP contribution in [-0.2, 0) is 0 Å². The van der Waals surface area contributed by atoms with Gasteiger partial charge in [-0.25, -0.2) is 0 Å². The summed E-state index contributed by atoms with van der Waals surface area (Å²) in [5.74, 6) is 0. The first-order valence-electron chi connectivity index (χ1n) is 7.66. The summed E-state index contributed by atoms with van der Waals surface area (Å²) in [6, 6.07) is 0. The van der Waals surface area contributed by atoms with Crippen LogP contribution in [0.15, 0.2) is 0 Å². The van der Waals surface area contributed by atoms with Gasteiger partial charge in [0, 0.05) is 0 Å². The van der Waals surface area contributed by atoms with Crippen LogP contribution in [0.2, 0.25) is 0 Å². The SMILES string of the molecule is CCC1(CC)CC1.CCC1(CC)CCCC1. The Morgan fingerprint density at radius 3 is 1.00 bits per heavy atom. The second-order valence-electron chi connectivity index (χ2n) is 6.12. The lowest BCUT2D eigenvalue weighted by Crippen LogP contribution is -2.12. The number of hydrogen-bond acceptors (Lipinski definition) is 0. The van der Waals surface area contributed by atoms with E-state index in [9.17, 15) is 0 Å². The molecule has 0 spiro atoms. The van der Waals surface area contributed by atoms with Crippen LogP contribution in [0.25, 0.3) is 0 Å². The van der Waals surface area contributed by atoms with Crippen molar-refractivity contribution in [2.24, 2.45) is 10.8 Å². The molecule has 2 saturated carbocycles. The first-order chi connectivity index (χ1) is 7.66. The third kappa shape index (κ3) is 3.50. The first-order valence-corrected chi connectivity index (χ1v) is 7.66. The first kappa shape index (κ1) is 14.1. The molecule has 16 heavy (non-hydrogen) atoms. The summed E-state index contributed by atoms with van der Waals surface area (Å²) in [4.78, 5) is 0. The molecule has 96 valence electrons. The van der Waals surface area contributed by atoms with Gasteiger partial charge in [0.05, 0.1) is 0 Å². The smallest absolute Gasteiger partial charge is 0.0302 e. The van der Waals surface area contributed by atoms with Gasteiger partial charge in [-0.1, -0.05) is 66.2 Å². The maximum absolute atomic E-state index is 2.34. The van der Waals surface area contributed by atoms with Crippen LogP contribution in [0.1, 0.15) is 91.9 Å². The molecular formula is C16H32. The van der Waals surface area contributed by atoms with E-state index in [0.717, 1.165) is 10.8 Å². The molecule has 0 radical (unpaired) electrons. The van der Waals surface area contributed by atoms with Crippen LogP contribution >= 0.6 is 0 Å². The predicted molar refractivity (Wildman–Crippen MR) is 73.7 cm³/mol. The minimum Gasteiger partial charge on any atom is -0.0649 e. The highest BCUT2D eigenvalue weighted by molar-refractivity contribution is 4.89. The summed E-state index contributed by atoms with van der Waals surface area (Å²) in [5, 5.41) is 0. The highest BCUT2D eigenvalue weighted by atomic mass is 14.4. The van der Waals surface area contributed by atoms with Crippen molar-refractivity contribution in [1.29, 1.82) is 0 Å². The maximum Gasteiger partial charge on any atom is -0.0302 e. The van der Waals surface area contributed by atoms with Crippen molar-refractivity contribution < 1.29 is 0 Å². The molecule has 0 aliphatic heterocycles.